The summed E-state index contributed by atoms with van der Waals surface area (Å²) in [6.45, 7) is 5.14. The van der Waals surface area contributed by atoms with E-state index >= 15 is 0 Å². The highest BCUT2D eigenvalue weighted by Gasteiger charge is 2.39. The molecule has 3 N–H and O–H groups in total. The summed E-state index contributed by atoms with van der Waals surface area (Å²) in [5.41, 5.74) is 4.14. The monoisotopic (exact) mass is 629 g/mol. The van der Waals surface area contributed by atoms with E-state index in [-0.39, 0.29) is 24.7 Å². The number of ether oxygens (including phenoxy) is 3. The van der Waals surface area contributed by atoms with Gasteiger partial charge in [0.15, 0.2) is 6.29 Å². The smallest absolute Gasteiger partial charge is 0.328 e. The number of likely N-dealkylation sites (tertiary alicyclic amines) is 1. The van der Waals surface area contributed by atoms with Gasteiger partial charge in [0, 0.05) is 30.1 Å². The third-order valence-corrected chi connectivity index (χ3v) is 9.00. The van der Waals surface area contributed by atoms with E-state index in [1.54, 1.807) is 6.07 Å². The minimum atomic E-state index is -0.843. The number of aliphatic hydroxyl groups excluding tert-OH is 1. The highest BCUT2D eigenvalue weighted by Crippen LogP contribution is 2.42. The van der Waals surface area contributed by atoms with E-state index in [0.29, 0.717) is 12.1 Å². The maximum absolute atomic E-state index is 13.1. The molecule has 2 fully saturated rings. The molecule has 46 heavy (non-hydrogen) atoms. The number of hydrogen-bond donors (Lipinski definition) is 3. The zero-order valence-corrected chi connectivity index (χ0v) is 26.9. The van der Waals surface area contributed by atoms with E-state index in [1.807, 2.05) is 72.8 Å². The average molecular weight is 630 g/mol. The highest BCUT2D eigenvalue weighted by atomic mass is 16.7. The lowest BCUT2D eigenvalue weighted by molar-refractivity contribution is -0.276. The van der Waals surface area contributed by atoms with Crippen LogP contribution in [-0.4, -0.2) is 60.9 Å². The van der Waals surface area contributed by atoms with Crippen LogP contribution in [0.5, 0.6) is 0 Å². The quantitative estimate of drug-likeness (QED) is 0.231. The Labute approximate surface area is 272 Å². The Morgan fingerprint density at radius 2 is 1.61 bits per heavy atom. The topological polar surface area (TPSA) is 109 Å². The van der Waals surface area contributed by atoms with Gasteiger partial charge < -0.3 is 34.9 Å². The van der Waals surface area contributed by atoms with Gasteiger partial charge in [-0.05, 0) is 54.8 Å². The Kier molecular flexibility index (Phi) is 12.2. The van der Waals surface area contributed by atoms with Crippen LogP contribution in [0.2, 0.25) is 0 Å². The van der Waals surface area contributed by atoms with Gasteiger partial charge in [-0.15, -0.1) is 0 Å². The van der Waals surface area contributed by atoms with Gasteiger partial charge in [0.25, 0.3) is 0 Å². The molecule has 2 amide bonds. The lowest BCUT2D eigenvalue weighted by Gasteiger charge is -2.43. The third kappa shape index (κ3) is 9.16. The molecule has 5 rings (SSSR count). The SMILES string of the molecule is COC(=O)C(Cc1ccccc1)NC(=O)Nc1cccc(C2OC(CN3CCCCCCC3)C(C)C(c3ccc(CO)cc3)O2)c1. The molecule has 9 heteroatoms. The fourth-order valence-electron chi connectivity index (χ4n) is 6.35. The van der Waals surface area contributed by atoms with Crippen molar-refractivity contribution in [3.8, 4) is 0 Å². The first kappa shape index (κ1) is 33.6. The van der Waals surface area contributed by atoms with Crippen molar-refractivity contribution in [2.45, 2.75) is 76.6 Å². The van der Waals surface area contributed by atoms with E-state index in [0.717, 1.165) is 41.9 Å². The number of nitrogens with zero attached hydrogens (tertiary/aromatic N) is 1. The molecule has 0 saturated carbocycles. The summed E-state index contributed by atoms with van der Waals surface area (Å²) in [5.74, 6) is -0.427. The van der Waals surface area contributed by atoms with Crippen LogP contribution >= 0.6 is 0 Å². The first-order chi connectivity index (χ1) is 22.4. The van der Waals surface area contributed by atoms with Crippen LogP contribution < -0.4 is 10.6 Å². The fourth-order valence-corrected chi connectivity index (χ4v) is 6.35. The normalized spacial score (nSPS) is 23.0. The number of urea groups is 1. The summed E-state index contributed by atoms with van der Waals surface area (Å²) in [7, 11) is 1.31. The number of amides is 2. The number of methoxy groups -OCH3 is 1. The Morgan fingerprint density at radius 1 is 0.891 bits per heavy atom. The maximum Gasteiger partial charge on any atom is 0.328 e. The number of hydrogen-bond acceptors (Lipinski definition) is 7. The molecule has 2 heterocycles. The van der Waals surface area contributed by atoms with E-state index in [2.05, 4.69) is 22.5 Å². The summed E-state index contributed by atoms with van der Waals surface area (Å²) in [6.07, 6.45) is 5.61. The Morgan fingerprint density at radius 3 is 2.30 bits per heavy atom. The predicted octanol–water partition coefficient (Wildman–Crippen LogP) is 6.14. The molecule has 0 aliphatic carbocycles. The molecule has 2 aliphatic rings. The van der Waals surface area contributed by atoms with Gasteiger partial charge in [-0.1, -0.05) is 92.9 Å². The van der Waals surface area contributed by atoms with Gasteiger partial charge in [0.05, 0.1) is 25.9 Å². The second-order valence-electron chi connectivity index (χ2n) is 12.4. The van der Waals surface area contributed by atoms with Crippen molar-refractivity contribution in [1.29, 1.82) is 0 Å². The van der Waals surface area contributed by atoms with Gasteiger partial charge in [-0.3, -0.25) is 0 Å². The standard InChI is InChI=1S/C37H47N3O6/c1-26-33(24-40-20-9-4-3-5-10-21-40)45-36(46-34(26)29-18-16-28(25-41)17-19-29)30-14-11-15-31(23-30)38-37(43)39-32(35(42)44-2)22-27-12-7-6-8-13-27/h6-8,11-19,23,26,32-34,36,41H,3-5,9-10,20-22,24-25H2,1-2H3,(H2,38,39,43). The summed E-state index contributed by atoms with van der Waals surface area (Å²) in [5, 5.41) is 15.2. The van der Waals surface area contributed by atoms with Crippen LogP contribution in [0.25, 0.3) is 0 Å². The van der Waals surface area contributed by atoms with E-state index < -0.39 is 24.3 Å². The van der Waals surface area contributed by atoms with Crippen LogP contribution in [0.4, 0.5) is 10.5 Å². The second-order valence-corrected chi connectivity index (χ2v) is 12.4. The minimum Gasteiger partial charge on any atom is -0.467 e. The molecule has 3 aromatic rings. The third-order valence-electron chi connectivity index (χ3n) is 9.00. The Bertz CT molecular complexity index is 1390. The molecule has 0 spiro atoms. The van der Waals surface area contributed by atoms with Crippen molar-refractivity contribution >= 4 is 17.7 Å². The number of aliphatic hydroxyl groups is 1. The molecule has 5 unspecified atom stereocenters. The molecule has 0 bridgehead atoms. The number of esters is 1. The van der Waals surface area contributed by atoms with Crippen molar-refractivity contribution in [2.24, 2.45) is 5.92 Å². The molecule has 2 saturated heterocycles. The highest BCUT2D eigenvalue weighted by molar-refractivity contribution is 5.92. The number of carbonyl (C=O) groups excluding carboxylic acids is 2. The van der Waals surface area contributed by atoms with Crippen LogP contribution in [0, 0.1) is 5.92 Å². The molecular formula is C37H47N3O6. The van der Waals surface area contributed by atoms with Crippen LogP contribution in [0.15, 0.2) is 78.9 Å². The van der Waals surface area contributed by atoms with Gasteiger partial charge in [-0.2, -0.15) is 0 Å². The predicted molar refractivity (Wildman–Crippen MR) is 177 cm³/mol. The molecule has 246 valence electrons. The minimum absolute atomic E-state index is 0.00925. The molecule has 2 aliphatic heterocycles. The Balaban J connectivity index is 1.32. The van der Waals surface area contributed by atoms with Crippen molar-refractivity contribution in [3.05, 3.63) is 101 Å². The molecule has 9 nitrogen and oxygen atoms in total. The molecule has 0 radical (unpaired) electrons. The van der Waals surface area contributed by atoms with E-state index in [9.17, 15) is 14.7 Å². The second kappa shape index (κ2) is 16.7. The molecule has 3 aromatic carbocycles. The number of nitrogens with one attached hydrogen (secondary N) is 2. The van der Waals surface area contributed by atoms with Crippen LogP contribution in [0.1, 0.15) is 73.7 Å². The number of rotatable bonds is 10. The zero-order valence-electron chi connectivity index (χ0n) is 26.9. The van der Waals surface area contributed by atoms with Gasteiger partial charge >= 0.3 is 12.0 Å². The largest absolute Gasteiger partial charge is 0.467 e. The average Bonchev–Trinajstić information content (AvgIpc) is 3.06. The zero-order chi connectivity index (χ0) is 32.3. The first-order valence-electron chi connectivity index (χ1n) is 16.5. The summed E-state index contributed by atoms with van der Waals surface area (Å²) >= 11 is 0. The molecule has 5 atom stereocenters. The summed E-state index contributed by atoms with van der Waals surface area (Å²) in [6, 6.07) is 23.5. The van der Waals surface area contributed by atoms with E-state index in [1.165, 1.54) is 39.2 Å². The maximum atomic E-state index is 13.1. The van der Waals surface area contributed by atoms with Crippen molar-refractivity contribution in [1.82, 2.24) is 10.2 Å². The van der Waals surface area contributed by atoms with Crippen molar-refractivity contribution < 1.29 is 28.9 Å². The first-order valence-corrected chi connectivity index (χ1v) is 16.5. The van der Waals surface area contributed by atoms with Gasteiger partial charge in [-0.25, -0.2) is 9.59 Å². The summed E-state index contributed by atoms with van der Waals surface area (Å²) < 4.78 is 18.3. The molecular weight excluding hydrogens is 582 g/mol. The molecule has 0 aromatic heterocycles. The lowest BCUT2D eigenvalue weighted by Crippen LogP contribution is -2.45. The Hall–Kier alpha value is -3.76. The van der Waals surface area contributed by atoms with Crippen molar-refractivity contribution in [2.75, 3.05) is 32.1 Å². The van der Waals surface area contributed by atoms with Gasteiger partial charge in [0.2, 0.25) is 0 Å². The van der Waals surface area contributed by atoms with Crippen molar-refractivity contribution in [3.63, 3.8) is 0 Å². The number of anilines is 1. The van der Waals surface area contributed by atoms with E-state index in [4.69, 9.17) is 14.2 Å². The number of carbonyl (C=O) groups is 2. The lowest BCUT2D eigenvalue weighted by atomic mass is 9.89. The van der Waals surface area contributed by atoms with Crippen LogP contribution in [0.3, 0.4) is 0 Å². The number of benzene rings is 3. The van der Waals surface area contributed by atoms with Crippen LogP contribution in [-0.2, 0) is 32.0 Å². The summed E-state index contributed by atoms with van der Waals surface area (Å²) in [4.78, 5) is 28.1. The van der Waals surface area contributed by atoms with Gasteiger partial charge in [0.1, 0.15) is 6.04 Å². The fraction of sp³-hybridized carbons (Fsp3) is 0.459.